The van der Waals surface area contributed by atoms with Gasteiger partial charge in [-0.1, -0.05) is 45.1 Å². The molecule has 0 heterocycles. The molecule has 0 atom stereocenters. The van der Waals surface area contributed by atoms with E-state index in [9.17, 15) is 4.79 Å². The molecule has 1 rings (SSSR count). The van der Waals surface area contributed by atoms with Crippen LogP contribution in [0.3, 0.4) is 0 Å². The molecule has 6 heteroatoms. The van der Waals surface area contributed by atoms with Gasteiger partial charge in [-0.25, -0.2) is 25.2 Å². The van der Waals surface area contributed by atoms with Crippen molar-refractivity contribution in [3.05, 3.63) is 12.7 Å². The van der Waals surface area contributed by atoms with E-state index in [0.29, 0.717) is 0 Å². The van der Waals surface area contributed by atoms with Crippen LogP contribution in [0.2, 0.25) is 0 Å². The van der Waals surface area contributed by atoms with Crippen molar-refractivity contribution in [2.24, 2.45) is 0 Å². The zero-order valence-corrected chi connectivity index (χ0v) is 9.70. The summed E-state index contributed by atoms with van der Waals surface area (Å²) in [6.45, 7) is 2.96. The second kappa shape index (κ2) is 23.6. The highest BCUT2D eigenvalue weighted by atomic mass is 16.4. The van der Waals surface area contributed by atoms with Gasteiger partial charge in [-0.3, -0.25) is 0 Å². The van der Waals surface area contributed by atoms with Gasteiger partial charge in [0, 0.05) is 6.08 Å². The van der Waals surface area contributed by atoms with Gasteiger partial charge >= 0.3 is 5.97 Å². The van der Waals surface area contributed by atoms with Crippen molar-refractivity contribution in [3.63, 3.8) is 0 Å². The second-order valence-electron chi connectivity index (χ2n) is 2.87. The predicted molar refractivity (Wildman–Crippen MR) is 62.4 cm³/mol. The molecule has 1 aliphatic rings. The number of carbonyl (C=O) groups is 1. The predicted octanol–water partition coefficient (Wildman–Crippen LogP) is 2.40. The van der Waals surface area contributed by atoms with Gasteiger partial charge in [0.15, 0.2) is 0 Å². The summed E-state index contributed by atoms with van der Waals surface area (Å²) >= 11 is 0. The first-order valence-electron chi connectivity index (χ1n) is 5.03. The van der Waals surface area contributed by atoms with Gasteiger partial charge in [0.2, 0.25) is 12.2 Å². The number of carboxylic acids is 1. The Morgan fingerprint density at radius 1 is 1.00 bits per heavy atom. The van der Waals surface area contributed by atoms with Crippen molar-refractivity contribution in [1.82, 2.24) is 0 Å². The van der Waals surface area contributed by atoms with Crippen LogP contribution >= 0.6 is 0 Å². The van der Waals surface area contributed by atoms with E-state index in [1.54, 1.807) is 0 Å². The molecule has 1 aliphatic carbocycles. The summed E-state index contributed by atoms with van der Waals surface area (Å²) in [5.74, 6) is -0.981. The average Bonchev–Trinajstić information content (AvgIpc) is 2.34. The van der Waals surface area contributed by atoms with Gasteiger partial charge in [0.1, 0.15) is 0 Å². The van der Waals surface area contributed by atoms with Crippen molar-refractivity contribution in [3.8, 4) is 0 Å². The number of hydrogen-bond acceptors (Lipinski definition) is 5. The Bertz CT molecular complexity index is 225. The van der Waals surface area contributed by atoms with Gasteiger partial charge in [-0.05, 0) is 0 Å². The summed E-state index contributed by atoms with van der Waals surface area (Å²) in [5.41, 5.74) is 0. The van der Waals surface area contributed by atoms with E-state index < -0.39 is 5.97 Å². The first kappa shape index (κ1) is 20.4. The topological polar surface area (TPSA) is 119 Å². The number of isocyanates is 2. The molecule has 6 nitrogen and oxygen atoms in total. The Balaban J connectivity index is -0.000000163. The smallest absolute Gasteiger partial charge is 0.327 e. The van der Waals surface area contributed by atoms with E-state index in [4.69, 9.17) is 25.5 Å². The molecule has 1 fully saturated rings. The maximum absolute atomic E-state index is 9.25. The lowest BCUT2D eigenvalue weighted by atomic mass is 10.0. The third-order valence-corrected chi connectivity index (χ3v) is 1.67. The van der Waals surface area contributed by atoms with Gasteiger partial charge in [-0.15, -0.1) is 0 Å². The minimum Gasteiger partial charge on any atom is -0.478 e. The van der Waals surface area contributed by atoms with E-state index in [2.05, 4.69) is 6.58 Å². The minimum absolute atomic E-state index is 0.750. The van der Waals surface area contributed by atoms with E-state index in [0.717, 1.165) is 18.2 Å². The zero-order valence-electron chi connectivity index (χ0n) is 9.70. The molecule has 0 unspecified atom stereocenters. The van der Waals surface area contributed by atoms with Gasteiger partial charge < -0.3 is 5.11 Å². The normalized spacial score (nSPS) is 11.3. The van der Waals surface area contributed by atoms with E-state index in [1.165, 1.54) is 38.5 Å². The molecule has 0 aromatic rings. The number of aliphatic carboxylic acids is 1. The Labute approximate surface area is 100 Å². The van der Waals surface area contributed by atoms with Crippen LogP contribution in [0.1, 0.15) is 38.5 Å². The minimum atomic E-state index is -0.981. The molecule has 0 bridgehead atoms. The summed E-state index contributed by atoms with van der Waals surface area (Å²) in [6.07, 6.45) is 11.3. The monoisotopic (exact) mass is 242 g/mol. The second-order valence-corrected chi connectivity index (χ2v) is 2.87. The molecule has 3 N–H and O–H groups in total. The highest BCUT2D eigenvalue weighted by molar-refractivity contribution is 5.78. The summed E-state index contributed by atoms with van der Waals surface area (Å²) in [5, 5.41) is 18.4. The van der Waals surface area contributed by atoms with E-state index in [-0.39, 0.29) is 0 Å². The van der Waals surface area contributed by atoms with Gasteiger partial charge in [0.25, 0.3) is 0 Å². The Morgan fingerprint density at radius 3 is 1.18 bits per heavy atom. The lowest BCUT2D eigenvalue weighted by Crippen LogP contribution is -1.85. The molecule has 0 saturated heterocycles. The largest absolute Gasteiger partial charge is 0.478 e. The van der Waals surface area contributed by atoms with Crippen molar-refractivity contribution >= 4 is 18.1 Å². The first-order chi connectivity index (χ1) is 8.10. The Hall–Kier alpha value is -2.03. The van der Waals surface area contributed by atoms with Crippen molar-refractivity contribution < 1.29 is 19.5 Å². The molecule has 17 heavy (non-hydrogen) atoms. The van der Waals surface area contributed by atoms with Crippen LogP contribution < -0.4 is 0 Å². The van der Waals surface area contributed by atoms with Crippen LogP contribution in [-0.4, -0.2) is 23.2 Å². The van der Waals surface area contributed by atoms with E-state index >= 15 is 0 Å². The Kier molecular flexibility index (Phi) is 28.4. The molecule has 0 aromatic carbocycles. The maximum atomic E-state index is 9.25. The van der Waals surface area contributed by atoms with Crippen LogP contribution in [0, 0.1) is 10.8 Å². The fraction of sp³-hybridized carbons (Fsp3) is 0.545. The third-order valence-electron chi connectivity index (χ3n) is 1.67. The lowest BCUT2D eigenvalue weighted by molar-refractivity contribution is -0.131. The van der Waals surface area contributed by atoms with Crippen LogP contribution in [0.5, 0.6) is 0 Å². The standard InChI is InChI=1S/C6H12.C3H4O2.2CHNO/c1-2-4-6-5-3-1;1-2-3(4)5;2*2-1-3/h1-6H2;2H,1H2,(H,4,5);2*2H. The third kappa shape index (κ3) is 56.2. The van der Waals surface area contributed by atoms with Gasteiger partial charge in [-0.2, -0.15) is 0 Å². The van der Waals surface area contributed by atoms with Crippen LogP contribution in [0.15, 0.2) is 12.7 Å². The molecule has 0 spiro atoms. The number of nitrogens with one attached hydrogen (secondary N) is 2. The average molecular weight is 242 g/mol. The number of hydrogen-bond donors (Lipinski definition) is 3. The molecule has 0 aromatic heterocycles. The molecule has 96 valence electrons. The molecule has 0 aliphatic heterocycles. The Morgan fingerprint density at radius 2 is 1.12 bits per heavy atom. The maximum Gasteiger partial charge on any atom is 0.327 e. The van der Waals surface area contributed by atoms with Crippen LogP contribution in [-0.2, 0) is 14.4 Å². The SMILES string of the molecule is C1CCCCC1.C=CC(=O)O.N=C=O.N=C=O. The molecule has 0 amide bonds. The molecule has 0 radical (unpaired) electrons. The number of carboxylic acid groups (broad SMARTS) is 1. The zero-order chi connectivity index (χ0) is 13.9. The molecular formula is C11H18N2O4. The fourth-order valence-electron chi connectivity index (χ4n) is 1.06. The van der Waals surface area contributed by atoms with Crippen molar-refractivity contribution in [1.29, 1.82) is 10.8 Å². The van der Waals surface area contributed by atoms with Crippen LogP contribution in [0.4, 0.5) is 0 Å². The summed E-state index contributed by atoms with van der Waals surface area (Å²) in [4.78, 5) is 25.9. The highest BCUT2D eigenvalue weighted by Gasteiger charge is 1.95. The summed E-state index contributed by atoms with van der Waals surface area (Å²) in [6, 6.07) is 0. The van der Waals surface area contributed by atoms with Crippen LogP contribution in [0.25, 0.3) is 0 Å². The summed E-state index contributed by atoms with van der Waals surface area (Å²) < 4.78 is 0. The number of rotatable bonds is 1. The summed E-state index contributed by atoms with van der Waals surface area (Å²) in [7, 11) is 0. The number of carbonyl (C=O) groups excluding carboxylic acids is 2. The highest BCUT2D eigenvalue weighted by Crippen LogP contribution is 2.15. The quantitative estimate of drug-likeness (QED) is 0.371. The molecule has 1 saturated carbocycles. The lowest BCUT2D eigenvalue weighted by Gasteiger charge is -2.05. The fourth-order valence-corrected chi connectivity index (χ4v) is 1.06. The van der Waals surface area contributed by atoms with E-state index in [1.807, 2.05) is 0 Å². The van der Waals surface area contributed by atoms with Crippen molar-refractivity contribution in [2.45, 2.75) is 38.5 Å². The first-order valence-corrected chi connectivity index (χ1v) is 5.03. The van der Waals surface area contributed by atoms with Gasteiger partial charge in [0.05, 0.1) is 0 Å². The van der Waals surface area contributed by atoms with Crippen molar-refractivity contribution in [2.75, 3.05) is 0 Å². The molecular weight excluding hydrogens is 224 g/mol.